The van der Waals surface area contributed by atoms with E-state index in [2.05, 4.69) is 0 Å². The summed E-state index contributed by atoms with van der Waals surface area (Å²) in [5.74, 6) is 0.799. The van der Waals surface area contributed by atoms with Crippen LogP contribution < -0.4 is 0 Å². The zero-order chi connectivity index (χ0) is 22.2. The number of hydrogen-bond acceptors (Lipinski definition) is 5. The van der Waals surface area contributed by atoms with Gasteiger partial charge in [-0.05, 0) is 79.4 Å². The highest BCUT2D eigenvalue weighted by atomic mass is 32.2. The van der Waals surface area contributed by atoms with E-state index in [1.165, 1.54) is 49.1 Å². The van der Waals surface area contributed by atoms with E-state index < -0.39 is 0 Å². The van der Waals surface area contributed by atoms with Gasteiger partial charge in [-0.25, -0.2) is 8.78 Å². The Hall–Kier alpha value is -1.96. The molecule has 32 heavy (non-hydrogen) atoms. The molecule has 0 bridgehead atoms. The first-order valence-electron chi connectivity index (χ1n) is 10.4. The molecule has 0 amide bonds. The highest BCUT2D eigenvalue weighted by Gasteiger charge is 2.24. The zero-order valence-corrected chi connectivity index (χ0v) is 19.8. The van der Waals surface area contributed by atoms with Crippen LogP contribution in [0.25, 0.3) is 0 Å². The summed E-state index contributed by atoms with van der Waals surface area (Å²) in [6.45, 7) is 0.684. The second-order valence-electron chi connectivity index (χ2n) is 7.42. The van der Waals surface area contributed by atoms with Crippen molar-refractivity contribution in [2.24, 2.45) is 10.3 Å². The summed E-state index contributed by atoms with van der Waals surface area (Å²) in [5.41, 5.74) is 0. The first-order valence-corrected chi connectivity index (χ1v) is 12.9. The van der Waals surface area contributed by atoms with Crippen LogP contribution in [0.3, 0.4) is 0 Å². The molecule has 0 unspecified atom stereocenters. The summed E-state index contributed by atoms with van der Waals surface area (Å²) in [7, 11) is 0. The molecule has 0 aromatic heterocycles. The Morgan fingerprint density at radius 3 is 1.91 bits per heavy atom. The third-order valence-corrected chi connectivity index (χ3v) is 7.99. The van der Waals surface area contributed by atoms with Gasteiger partial charge in [-0.2, -0.15) is 4.40 Å². The minimum atomic E-state index is -0.258. The Morgan fingerprint density at radius 1 is 0.812 bits per heavy atom. The number of benzene rings is 3. The molecule has 3 aromatic rings. The van der Waals surface area contributed by atoms with Gasteiger partial charge in [0, 0.05) is 33.1 Å². The Morgan fingerprint density at radius 2 is 1.38 bits per heavy atom. The van der Waals surface area contributed by atoms with Gasteiger partial charge >= 0.3 is 0 Å². The molecular weight excluding hydrogens is 464 g/mol. The number of hydrogen-bond donors (Lipinski definition) is 0. The number of thioether (sulfide) groups is 2. The van der Waals surface area contributed by atoms with Crippen LogP contribution in [0.5, 0.6) is 0 Å². The maximum atomic E-state index is 13.4. The lowest BCUT2D eigenvalue weighted by atomic mass is 10.3. The van der Waals surface area contributed by atoms with E-state index in [4.69, 9.17) is 9.13 Å². The van der Waals surface area contributed by atoms with Crippen molar-refractivity contribution in [3.63, 3.8) is 0 Å². The molecule has 0 spiro atoms. The third kappa shape index (κ3) is 7.87. The quantitative estimate of drug-likeness (QED) is 0.0947. The van der Waals surface area contributed by atoms with Gasteiger partial charge in [-0.1, -0.05) is 18.2 Å². The minimum absolute atomic E-state index is 0.0280. The number of nitrogens with zero attached hydrogens (tertiary/aromatic N) is 1. The van der Waals surface area contributed by atoms with Crippen molar-refractivity contribution in [2.75, 3.05) is 6.61 Å². The van der Waals surface area contributed by atoms with Crippen molar-refractivity contribution in [1.29, 1.82) is 0 Å². The van der Waals surface area contributed by atoms with Gasteiger partial charge in [0.15, 0.2) is 5.90 Å². The molecule has 1 fully saturated rings. The van der Waals surface area contributed by atoms with Gasteiger partial charge in [-0.3, -0.25) is 0 Å². The smallest absolute Gasteiger partial charge is 0.197 e. The van der Waals surface area contributed by atoms with Crippen LogP contribution in [0.2, 0.25) is 0 Å². The molecule has 0 atom stereocenters. The molecule has 1 aliphatic carbocycles. The summed E-state index contributed by atoms with van der Waals surface area (Å²) >= 11 is 4.66. The normalized spacial score (nSPS) is 14.0. The number of ether oxygens (including phenoxy) is 1. The fourth-order valence-corrected chi connectivity index (χ4v) is 5.90. The fraction of sp³-hybridized carbons (Fsp3) is 0.240. The Bertz CT molecular complexity index is 962. The number of rotatable bonds is 10. The van der Waals surface area contributed by atoms with Crippen LogP contribution in [0, 0.1) is 17.6 Å². The molecule has 0 N–H and O–H groups in total. The highest BCUT2D eigenvalue weighted by molar-refractivity contribution is 8.17. The summed E-state index contributed by atoms with van der Waals surface area (Å²) in [6, 6.07) is 23.0. The summed E-state index contributed by atoms with van der Waals surface area (Å²) in [5, 5.41) is 0. The molecule has 0 aliphatic heterocycles. The van der Waals surface area contributed by atoms with E-state index >= 15 is 0 Å². The van der Waals surface area contributed by atoms with Gasteiger partial charge in [0.1, 0.15) is 11.6 Å². The van der Waals surface area contributed by atoms with Crippen molar-refractivity contribution in [3.05, 3.63) is 90.5 Å². The summed E-state index contributed by atoms with van der Waals surface area (Å²) in [6.07, 6.45) is 3.00. The molecule has 7 heteroatoms. The van der Waals surface area contributed by atoms with E-state index in [0.717, 1.165) is 14.7 Å². The maximum absolute atomic E-state index is 13.4. The van der Waals surface area contributed by atoms with Crippen LogP contribution in [-0.4, -0.2) is 17.1 Å². The van der Waals surface area contributed by atoms with Crippen LogP contribution in [-0.2, 0) is 4.74 Å². The summed E-state index contributed by atoms with van der Waals surface area (Å²) in [4.78, 5) is 2.97. The predicted molar refractivity (Wildman–Crippen MR) is 131 cm³/mol. The Labute approximate surface area is 200 Å². The Kier molecular flexibility index (Phi) is 8.54. The molecule has 4 rings (SSSR count). The van der Waals surface area contributed by atoms with Gasteiger partial charge in [-0.15, -0.1) is 23.5 Å². The van der Waals surface area contributed by atoms with Crippen molar-refractivity contribution < 1.29 is 13.5 Å². The first kappa shape index (κ1) is 23.2. The highest BCUT2D eigenvalue weighted by Crippen LogP contribution is 2.39. The van der Waals surface area contributed by atoms with Gasteiger partial charge < -0.3 is 4.74 Å². The summed E-state index contributed by atoms with van der Waals surface area (Å²) < 4.78 is 37.6. The topological polar surface area (TPSA) is 21.6 Å². The van der Waals surface area contributed by atoms with Crippen molar-refractivity contribution in [2.45, 2.75) is 38.5 Å². The van der Waals surface area contributed by atoms with Crippen molar-refractivity contribution in [3.8, 4) is 0 Å². The second kappa shape index (κ2) is 11.8. The Balaban J connectivity index is 1.51. The van der Waals surface area contributed by atoms with E-state index in [9.17, 15) is 8.78 Å². The first-order chi connectivity index (χ1) is 15.6. The lowest BCUT2D eigenvalue weighted by Crippen LogP contribution is -2.13. The van der Waals surface area contributed by atoms with E-state index in [1.54, 1.807) is 47.8 Å². The zero-order valence-electron chi connectivity index (χ0n) is 17.3. The third-order valence-electron chi connectivity index (χ3n) is 4.68. The molecule has 1 aliphatic rings. The van der Waals surface area contributed by atoms with Gasteiger partial charge in [0.25, 0.3) is 0 Å². The molecule has 166 valence electrons. The average molecular weight is 488 g/mol. The van der Waals surface area contributed by atoms with Crippen LogP contribution in [0.15, 0.2) is 97.9 Å². The van der Waals surface area contributed by atoms with Crippen LogP contribution in [0.1, 0.15) is 19.3 Å². The molecule has 0 radical (unpaired) electrons. The molecule has 1 saturated carbocycles. The second-order valence-corrected chi connectivity index (χ2v) is 11.1. The molecule has 0 heterocycles. The van der Waals surface area contributed by atoms with Crippen LogP contribution >= 0.6 is 35.5 Å². The number of halogens is 2. The maximum Gasteiger partial charge on any atom is 0.197 e. The van der Waals surface area contributed by atoms with Crippen molar-refractivity contribution in [1.82, 2.24) is 0 Å². The van der Waals surface area contributed by atoms with Crippen LogP contribution in [0.4, 0.5) is 8.78 Å². The van der Waals surface area contributed by atoms with Gasteiger partial charge in [0.05, 0.1) is 11.2 Å². The fourth-order valence-electron chi connectivity index (χ4n) is 2.79. The van der Waals surface area contributed by atoms with E-state index in [-0.39, 0.29) is 16.2 Å². The lowest BCUT2D eigenvalue weighted by Gasteiger charge is -2.18. The van der Waals surface area contributed by atoms with E-state index in [1.807, 2.05) is 30.3 Å². The van der Waals surface area contributed by atoms with Gasteiger partial charge in [0.2, 0.25) is 0 Å². The monoisotopic (exact) mass is 487 g/mol. The largest absolute Gasteiger partial charge is 0.480 e. The molecular formula is C25H23F2NOS3. The molecule has 2 nitrogen and oxygen atoms in total. The average Bonchev–Trinajstić information content (AvgIpc) is 3.64. The van der Waals surface area contributed by atoms with E-state index in [0.29, 0.717) is 24.8 Å². The SMILES string of the molecule is Fc1ccc(SC(CC(=NSc2ccccc2)OCC2CC2)Sc2ccc(F)cc2)cc1. The predicted octanol–water partition coefficient (Wildman–Crippen LogP) is 8.10. The minimum Gasteiger partial charge on any atom is -0.480 e. The standard InChI is InChI=1S/C25H23F2NOS3/c26-19-8-12-21(13-9-19)30-25(31-22-14-10-20(27)11-15-22)16-24(29-17-18-6-7-18)28-32-23-4-2-1-3-5-23/h1-5,8-15,18,25H,6-7,16-17H2. The lowest BCUT2D eigenvalue weighted by molar-refractivity contribution is 0.281. The molecule has 0 saturated heterocycles. The van der Waals surface area contributed by atoms with Crippen molar-refractivity contribution >= 4 is 41.4 Å². The molecule has 3 aromatic carbocycles.